The fraction of sp³-hybridized carbons (Fsp3) is 0.0455. The molecule has 0 aliphatic carbocycles. The predicted octanol–water partition coefficient (Wildman–Crippen LogP) is 4.96. The maximum absolute atomic E-state index is 13.3. The van der Waals surface area contributed by atoms with Gasteiger partial charge in [0.1, 0.15) is 36.1 Å². The Hall–Kier alpha value is -3.71. The molecule has 0 saturated heterocycles. The number of ether oxygens (including phenoxy) is 1. The lowest BCUT2D eigenvalue weighted by molar-refractivity contribution is 0.102. The molecule has 8 heteroatoms. The first-order chi connectivity index (χ1) is 14.5. The maximum Gasteiger partial charge on any atom is 0.256 e. The highest BCUT2D eigenvalue weighted by atomic mass is 35.5. The molecule has 0 saturated carbocycles. The fourth-order valence-corrected chi connectivity index (χ4v) is 3.11. The highest BCUT2D eigenvalue weighted by molar-refractivity contribution is 6.32. The largest absolute Gasteiger partial charge is 0.508 e. The van der Waals surface area contributed by atoms with Gasteiger partial charge in [0.15, 0.2) is 0 Å². The minimum absolute atomic E-state index is 0.0376. The van der Waals surface area contributed by atoms with E-state index in [1.165, 1.54) is 36.7 Å². The van der Waals surface area contributed by atoms with Crippen molar-refractivity contribution in [2.75, 3.05) is 5.32 Å². The second-order valence-electron chi connectivity index (χ2n) is 6.44. The van der Waals surface area contributed by atoms with Crippen molar-refractivity contribution in [3.63, 3.8) is 0 Å². The molecule has 0 radical (unpaired) electrons. The number of phenols is 1. The number of carbonyl (C=O) groups is 1. The van der Waals surface area contributed by atoms with E-state index in [-0.39, 0.29) is 29.0 Å². The van der Waals surface area contributed by atoms with E-state index in [4.69, 9.17) is 16.3 Å². The number of nitrogens with one attached hydrogen (secondary N) is 1. The van der Waals surface area contributed by atoms with Gasteiger partial charge in [0.25, 0.3) is 5.91 Å². The third-order valence-electron chi connectivity index (χ3n) is 4.33. The molecule has 150 valence electrons. The molecule has 4 rings (SSSR count). The van der Waals surface area contributed by atoms with Crippen molar-refractivity contribution in [2.45, 2.75) is 6.61 Å². The van der Waals surface area contributed by atoms with Crippen LogP contribution in [0.3, 0.4) is 0 Å². The van der Waals surface area contributed by atoms with Crippen LogP contribution in [0.5, 0.6) is 11.5 Å². The Kier molecular flexibility index (Phi) is 5.45. The van der Waals surface area contributed by atoms with Crippen molar-refractivity contribution in [1.82, 2.24) is 9.97 Å². The Morgan fingerprint density at radius 3 is 2.77 bits per heavy atom. The molecule has 0 unspecified atom stereocenters. The van der Waals surface area contributed by atoms with Gasteiger partial charge in [-0.2, -0.15) is 0 Å². The average Bonchev–Trinajstić information content (AvgIpc) is 2.73. The first kappa shape index (κ1) is 19.6. The van der Waals surface area contributed by atoms with E-state index in [9.17, 15) is 14.3 Å². The van der Waals surface area contributed by atoms with Gasteiger partial charge in [-0.3, -0.25) is 4.79 Å². The lowest BCUT2D eigenvalue weighted by Gasteiger charge is -2.11. The Balaban J connectivity index is 1.50. The Bertz CT molecular complexity index is 1250. The summed E-state index contributed by atoms with van der Waals surface area (Å²) in [6, 6.07) is 15.3. The minimum Gasteiger partial charge on any atom is -0.508 e. The number of aromatic hydroxyl groups is 1. The molecule has 0 aliphatic heterocycles. The number of amides is 1. The van der Waals surface area contributed by atoms with E-state index in [0.717, 1.165) is 0 Å². The van der Waals surface area contributed by atoms with Crippen LogP contribution in [0.25, 0.3) is 10.9 Å². The quantitative estimate of drug-likeness (QED) is 0.474. The molecule has 3 aromatic carbocycles. The van der Waals surface area contributed by atoms with Crippen molar-refractivity contribution in [2.24, 2.45) is 0 Å². The number of fused-ring (bicyclic) bond motifs is 1. The van der Waals surface area contributed by atoms with Crippen molar-refractivity contribution < 1.29 is 19.0 Å². The van der Waals surface area contributed by atoms with Crippen molar-refractivity contribution in [3.8, 4) is 11.5 Å². The van der Waals surface area contributed by atoms with Gasteiger partial charge in [0, 0.05) is 10.9 Å². The lowest BCUT2D eigenvalue weighted by atomic mass is 10.2. The number of aromatic nitrogens is 2. The first-order valence-corrected chi connectivity index (χ1v) is 9.29. The van der Waals surface area contributed by atoms with Crippen LogP contribution in [0, 0.1) is 5.82 Å². The van der Waals surface area contributed by atoms with Crippen LogP contribution in [-0.2, 0) is 6.61 Å². The number of carbonyl (C=O) groups excluding carboxylic acids is 1. The summed E-state index contributed by atoms with van der Waals surface area (Å²) in [7, 11) is 0. The number of halogens is 2. The smallest absolute Gasteiger partial charge is 0.256 e. The van der Waals surface area contributed by atoms with Gasteiger partial charge in [-0.25, -0.2) is 14.4 Å². The van der Waals surface area contributed by atoms with E-state index in [1.54, 1.807) is 30.3 Å². The summed E-state index contributed by atoms with van der Waals surface area (Å²) in [5, 5.41) is 13.1. The summed E-state index contributed by atoms with van der Waals surface area (Å²) in [5.74, 6) is -0.106. The zero-order valence-corrected chi connectivity index (χ0v) is 16.2. The summed E-state index contributed by atoms with van der Waals surface area (Å²) in [6.07, 6.45) is 1.32. The summed E-state index contributed by atoms with van der Waals surface area (Å²) in [6.45, 7) is 0.138. The molecule has 0 bridgehead atoms. The molecule has 1 amide bonds. The van der Waals surface area contributed by atoms with Gasteiger partial charge >= 0.3 is 0 Å². The summed E-state index contributed by atoms with van der Waals surface area (Å²) < 4.78 is 18.9. The van der Waals surface area contributed by atoms with Gasteiger partial charge in [0.05, 0.1) is 10.5 Å². The molecule has 6 nitrogen and oxygen atoms in total. The topological polar surface area (TPSA) is 84.3 Å². The second-order valence-corrected chi connectivity index (χ2v) is 6.85. The zero-order valence-electron chi connectivity index (χ0n) is 15.5. The number of anilines is 1. The molecule has 2 N–H and O–H groups in total. The number of nitrogens with zero attached hydrogens (tertiary/aromatic N) is 2. The molecule has 0 aliphatic rings. The average molecular weight is 424 g/mol. The monoisotopic (exact) mass is 423 g/mol. The van der Waals surface area contributed by atoms with Crippen LogP contribution in [0.4, 0.5) is 10.2 Å². The van der Waals surface area contributed by atoms with Crippen molar-refractivity contribution in [1.29, 1.82) is 0 Å². The number of benzene rings is 3. The summed E-state index contributed by atoms with van der Waals surface area (Å²) >= 11 is 6.25. The number of rotatable bonds is 5. The number of hydrogen-bond acceptors (Lipinski definition) is 5. The maximum atomic E-state index is 13.3. The van der Waals surface area contributed by atoms with Gasteiger partial charge in [-0.15, -0.1) is 0 Å². The SMILES string of the molecule is O=C(Nc1ncnc2ccc(O)cc12)c1ccc(OCc2cccc(F)c2)c(Cl)c1. The van der Waals surface area contributed by atoms with E-state index in [0.29, 0.717) is 27.8 Å². The third kappa shape index (κ3) is 4.31. The van der Waals surface area contributed by atoms with Gasteiger partial charge in [-0.1, -0.05) is 23.7 Å². The normalized spacial score (nSPS) is 10.7. The van der Waals surface area contributed by atoms with E-state index in [1.807, 2.05) is 0 Å². The molecular formula is C22H15ClFN3O3. The van der Waals surface area contributed by atoms with Crippen LogP contribution in [0.2, 0.25) is 5.02 Å². The highest BCUT2D eigenvalue weighted by Gasteiger charge is 2.13. The fourth-order valence-electron chi connectivity index (χ4n) is 2.87. The molecule has 0 fully saturated rings. The van der Waals surface area contributed by atoms with Crippen LogP contribution in [-0.4, -0.2) is 21.0 Å². The van der Waals surface area contributed by atoms with Crippen LogP contribution >= 0.6 is 11.6 Å². The lowest BCUT2D eigenvalue weighted by Crippen LogP contribution is -2.13. The summed E-state index contributed by atoms with van der Waals surface area (Å²) in [5.41, 5.74) is 1.54. The number of phenolic OH excluding ortho intramolecular Hbond substituents is 1. The molecule has 0 atom stereocenters. The molecular weight excluding hydrogens is 409 g/mol. The zero-order chi connectivity index (χ0) is 21.1. The van der Waals surface area contributed by atoms with Crippen LogP contribution in [0.1, 0.15) is 15.9 Å². The van der Waals surface area contributed by atoms with Crippen molar-refractivity contribution >= 4 is 34.2 Å². The Morgan fingerprint density at radius 2 is 1.97 bits per heavy atom. The van der Waals surface area contributed by atoms with Gasteiger partial charge < -0.3 is 15.2 Å². The Morgan fingerprint density at radius 1 is 1.10 bits per heavy atom. The standard InChI is InChI=1S/C22H15ClFN3O3/c23-18-9-14(4-7-20(18)30-11-13-2-1-3-15(24)8-13)22(29)27-21-17-10-16(28)5-6-19(17)25-12-26-21/h1-10,12,28H,11H2,(H,25,26,27,29). The molecule has 1 heterocycles. The van der Waals surface area contributed by atoms with E-state index < -0.39 is 5.91 Å². The van der Waals surface area contributed by atoms with Crippen molar-refractivity contribution in [3.05, 3.63) is 89.0 Å². The molecule has 4 aromatic rings. The third-order valence-corrected chi connectivity index (χ3v) is 4.62. The van der Waals surface area contributed by atoms with E-state index >= 15 is 0 Å². The second kappa shape index (κ2) is 8.34. The van der Waals surface area contributed by atoms with E-state index in [2.05, 4.69) is 15.3 Å². The van der Waals surface area contributed by atoms with Crippen LogP contribution < -0.4 is 10.1 Å². The minimum atomic E-state index is -0.433. The summed E-state index contributed by atoms with van der Waals surface area (Å²) in [4.78, 5) is 20.8. The molecule has 1 aromatic heterocycles. The van der Waals surface area contributed by atoms with Gasteiger partial charge in [-0.05, 0) is 54.1 Å². The van der Waals surface area contributed by atoms with Gasteiger partial charge in [0.2, 0.25) is 0 Å². The van der Waals surface area contributed by atoms with Crippen LogP contribution in [0.15, 0.2) is 67.0 Å². The Labute approximate surface area is 175 Å². The first-order valence-electron chi connectivity index (χ1n) is 8.91. The molecule has 0 spiro atoms. The number of hydrogen-bond donors (Lipinski definition) is 2. The highest BCUT2D eigenvalue weighted by Crippen LogP contribution is 2.28. The predicted molar refractivity (Wildman–Crippen MR) is 111 cm³/mol. The molecule has 30 heavy (non-hydrogen) atoms.